The first-order valence-electron chi connectivity index (χ1n) is 7.80. The highest BCUT2D eigenvalue weighted by Crippen LogP contribution is 2.32. The van der Waals surface area contributed by atoms with Crippen molar-refractivity contribution in [3.05, 3.63) is 47.5 Å². The second kappa shape index (κ2) is 9.36. The molecule has 0 aliphatic carbocycles. The summed E-state index contributed by atoms with van der Waals surface area (Å²) in [4.78, 5) is 0. The molecule has 6 nitrogen and oxygen atoms in total. The van der Waals surface area contributed by atoms with Gasteiger partial charge in [-0.2, -0.15) is 0 Å². The van der Waals surface area contributed by atoms with E-state index in [9.17, 15) is 0 Å². The van der Waals surface area contributed by atoms with Crippen LogP contribution in [0.3, 0.4) is 0 Å². The van der Waals surface area contributed by atoms with E-state index in [4.69, 9.17) is 24.1 Å². The molecule has 0 unspecified atom stereocenters. The maximum atomic E-state index is 8.84. The average Bonchev–Trinajstić information content (AvgIpc) is 3.08. The average molecular weight is 368 g/mol. The molecule has 0 atom stereocenters. The molecular formula is C18H22ClNO5. The highest BCUT2D eigenvalue weighted by atomic mass is 35.5. The Morgan fingerprint density at radius 1 is 1.00 bits per heavy atom. The molecule has 7 heteroatoms. The standard InChI is InChI=1S/C18H21NO5.ClH/c1-21-17-8-13(2-4-15(17)22-7-6-20)10-19-11-14-3-5-16-18(9-14)24-12-23-16;/h2-5,8-9,19-20H,6-7,10-12H2,1H3;1H. The largest absolute Gasteiger partial charge is 0.493 e. The first-order chi connectivity index (χ1) is 11.8. The van der Waals surface area contributed by atoms with Crippen LogP contribution >= 0.6 is 12.4 Å². The van der Waals surface area contributed by atoms with Crippen LogP contribution in [0.4, 0.5) is 0 Å². The summed E-state index contributed by atoms with van der Waals surface area (Å²) < 4.78 is 21.4. The smallest absolute Gasteiger partial charge is 0.231 e. The maximum Gasteiger partial charge on any atom is 0.231 e. The van der Waals surface area contributed by atoms with Crippen LogP contribution in [-0.4, -0.2) is 32.2 Å². The highest BCUT2D eigenvalue weighted by Gasteiger charge is 2.13. The van der Waals surface area contributed by atoms with Crippen molar-refractivity contribution in [2.45, 2.75) is 13.1 Å². The fraction of sp³-hybridized carbons (Fsp3) is 0.333. The summed E-state index contributed by atoms with van der Waals surface area (Å²) >= 11 is 0. The molecule has 2 N–H and O–H groups in total. The van der Waals surface area contributed by atoms with E-state index in [-0.39, 0.29) is 32.4 Å². The normalized spacial score (nSPS) is 11.8. The molecule has 0 fully saturated rings. The zero-order valence-electron chi connectivity index (χ0n) is 14.0. The van der Waals surface area contributed by atoms with Gasteiger partial charge >= 0.3 is 0 Å². The lowest BCUT2D eigenvalue weighted by atomic mass is 10.1. The van der Waals surface area contributed by atoms with Crippen molar-refractivity contribution in [1.82, 2.24) is 5.32 Å². The molecule has 0 aromatic heterocycles. The van der Waals surface area contributed by atoms with Crippen molar-refractivity contribution in [2.24, 2.45) is 0 Å². The summed E-state index contributed by atoms with van der Waals surface area (Å²) in [5.41, 5.74) is 2.22. The van der Waals surface area contributed by atoms with E-state index in [1.54, 1.807) is 7.11 Å². The number of hydrogen-bond acceptors (Lipinski definition) is 6. The molecular weight excluding hydrogens is 346 g/mol. The summed E-state index contributed by atoms with van der Waals surface area (Å²) in [5.74, 6) is 2.88. The van der Waals surface area contributed by atoms with Crippen molar-refractivity contribution in [2.75, 3.05) is 27.1 Å². The first-order valence-corrected chi connectivity index (χ1v) is 7.80. The van der Waals surface area contributed by atoms with E-state index >= 15 is 0 Å². The van der Waals surface area contributed by atoms with Crippen LogP contribution in [0.1, 0.15) is 11.1 Å². The van der Waals surface area contributed by atoms with Gasteiger partial charge in [0.2, 0.25) is 6.79 Å². The third-order valence-corrected chi connectivity index (χ3v) is 3.67. The molecule has 0 saturated carbocycles. The van der Waals surface area contributed by atoms with Crippen LogP contribution in [0.2, 0.25) is 0 Å². The Hall–Kier alpha value is -2.15. The molecule has 2 aromatic carbocycles. The zero-order valence-corrected chi connectivity index (χ0v) is 14.8. The summed E-state index contributed by atoms with van der Waals surface area (Å²) in [5, 5.41) is 12.2. The minimum absolute atomic E-state index is 0. The lowest BCUT2D eigenvalue weighted by Crippen LogP contribution is -2.13. The van der Waals surface area contributed by atoms with Crippen molar-refractivity contribution in [1.29, 1.82) is 0 Å². The van der Waals surface area contributed by atoms with Crippen LogP contribution in [0, 0.1) is 0 Å². The van der Waals surface area contributed by atoms with E-state index in [2.05, 4.69) is 5.32 Å². The predicted octanol–water partition coefficient (Wildman–Crippen LogP) is 2.51. The second-order valence-electron chi connectivity index (χ2n) is 5.35. The Bertz CT molecular complexity index is 695. The Labute approximate surface area is 153 Å². The fourth-order valence-electron chi connectivity index (χ4n) is 2.50. The van der Waals surface area contributed by atoms with Crippen LogP contribution in [0.15, 0.2) is 36.4 Å². The molecule has 1 heterocycles. The molecule has 0 bridgehead atoms. The number of aliphatic hydroxyl groups is 1. The van der Waals surface area contributed by atoms with Crippen LogP contribution in [0.5, 0.6) is 23.0 Å². The highest BCUT2D eigenvalue weighted by molar-refractivity contribution is 5.85. The summed E-state index contributed by atoms with van der Waals surface area (Å²) in [7, 11) is 1.60. The summed E-state index contributed by atoms with van der Waals surface area (Å²) in [6.45, 7) is 1.93. The Morgan fingerprint density at radius 3 is 2.48 bits per heavy atom. The van der Waals surface area contributed by atoms with E-state index in [1.165, 1.54) is 0 Å². The monoisotopic (exact) mass is 367 g/mol. The number of fused-ring (bicyclic) bond motifs is 1. The van der Waals surface area contributed by atoms with Gasteiger partial charge in [0.15, 0.2) is 23.0 Å². The second-order valence-corrected chi connectivity index (χ2v) is 5.35. The van der Waals surface area contributed by atoms with E-state index in [0.717, 1.165) is 29.2 Å². The molecule has 0 radical (unpaired) electrons. The van der Waals surface area contributed by atoms with E-state index in [0.29, 0.717) is 18.0 Å². The van der Waals surface area contributed by atoms with Crippen molar-refractivity contribution < 1.29 is 24.1 Å². The lowest BCUT2D eigenvalue weighted by molar-refractivity contribution is 0.174. The predicted molar refractivity (Wildman–Crippen MR) is 95.9 cm³/mol. The number of aliphatic hydroxyl groups excluding tert-OH is 1. The van der Waals surface area contributed by atoms with E-state index in [1.807, 2.05) is 36.4 Å². The molecule has 0 saturated heterocycles. The van der Waals surface area contributed by atoms with Gasteiger partial charge in [0.05, 0.1) is 13.7 Å². The minimum atomic E-state index is -0.0258. The number of halogens is 1. The molecule has 0 spiro atoms. The molecule has 0 amide bonds. The lowest BCUT2D eigenvalue weighted by Gasteiger charge is -2.12. The van der Waals surface area contributed by atoms with Crippen LogP contribution in [-0.2, 0) is 13.1 Å². The van der Waals surface area contributed by atoms with E-state index < -0.39 is 0 Å². The molecule has 3 rings (SSSR count). The molecule has 2 aromatic rings. The van der Waals surface area contributed by atoms with Gasteiger partial charge in [-0.25, -0.2) is 0 Å². The third-order valence-electron chi connectivity index (χ3n) is 3.67. The minimum Gasteiger partial charge on any atom is -0.493 e. The van der Waals surface area contributed by atoms with Crippen molar-refractivity contribution in [3.8, 4) is 23.0 Å². The SMILES string of the molecule is COc1cc(CNCc2ccc3c(c2)OCO3)ccc1OCCO.Cl. The molecule has 1 aliphatic heterocycles. The topological polar surface area (TPSA) is 69.2 Å². The van der Waals surface area contributed by atoms with Gasteiger partial charge in [0, 0.05) is 13.1 Å². The zero-order chi connectivity index (χ0) is 16.8. The summed E-state index contributed by atoms with van der Waals surface area (Å²) in [6.07, 6.45) is 0. The number of hydrogen-bond donors (Lipinski definition) is 2. The molecule has 136 valence electrons. The van der Waals surface area contributed by atoms with Gasteiger partial charge in [-0.3, -0.25) is 0 Å². The maximum absolute atomic E-state index is 8.84. The number of nitrogens with one attached hydrogen (secondary N) is 1. The van der Waals surface area contributed by atoms with Crippen LogP contribution < -0.4 is 24.3 Å². The van der Waals surface area contributed by atoms with Crippen LogP contribution in [0.25, 0.3) is 0 Å². The van der Waals surface area contributed by atoms with Gasteiger partial charge in [0.25, 0.3) is 0 Å². The number of benzene rings is 2. The van der Waals surface area contributed by atoms with Gasteiger partial charge in [-0.15, -0.1) is 12.4 Å². The van der Waals surface area contributed by atoms with Gasteiger partial charge in [-0.1, -0.05) is 12.1 Å². The number of rotatable bonds is 8. The summed E-state index contributed by atoms with van der Waals surface area (Å²) in [6, 6.07) is 11.7. The number of ether oxygens (including phenoxy) is 4. The van der Waals surface area contributed by atoms with Crippen molar-refractivity contribution in [3.63, 3.8) is 0 Å². The van der Waals surface area contributed by atoms with Gasteiger partial charge < -0.3 is 29.4 Å². The third kappa shape index (κ3) is 4.92. The van der Waals surface area contributed by atoms with Crippen molar-refractivity contribution >= 4 is 12.4 Å². The Morgan fingerprint density at radius 2 is 1.72 bits per heavy atom. The Balaban J connectivity index is 0.00000225. The molecule has 1 aliphatic rings. The number of methoxy groups -OCH3 is 1. The quantitative estimate of drug-likeness (QED) is 0.747. The Kier molecular flexibility index (Phi) is 7.18. The molecule has 25 heavy (non-hydrogen) atoms. The van der Waals surface area contributed by atoms with Gasteiger partial charge in [0.1, 0.15) is 6.61 Å². The first kappa shape index (κ1) is 19.2. The fourth-order valence-corrected chi connectivity index (χ4v) is 2.50. The van der Waals surface area contributed by atoms with Gasteiger partial charge in [-0.05, 0) is 35.4 Å².